The Kier molecular flexibility index (Phi) is 2.33. The second-order valence-electron chi connectivity index (χ2n) is 3.42. The van der Waals surface area contributed by atoms with Crippen molar-refractivity contribution in [3.63, 3.8) is 0 Å². The third-order valence-corrected chi connectivity index (χ3v) is 3.31. The van der Waals surface area contributed by atoms with Crippen LogP contribution >= 0.6 is 11.3 Å². The van der Waals surface area contributed by atoms with Crippen molar-refractivity contribution in [1.29, 1.82) is 0 Å². The van der Waals surface area contributed by atoms with Gasteiger partial charge in [0.1, 0.15) is 17.4 Å². The Morgan fingerprint density at radius 1 is 1.18 bits per heavy atom. The number of benzene rings is 1. The minimum absolute atomic E-state index is 0.210. The molecule has 0 N–H and O–H groups in total. The van der Waals surface area contributed by atoms with Crippen LogP contribution in [0.25, 0.3) is 21.3 Å². The van der Waals surface area contributed by atoms with E-state index >= 15 is 0 Å². The van der Waals surface area contributed by atoms with Crippen LogP contribution in [-0.2, 0) is 0 Å². The second kappa shape index (κ2) is 3.85. The van der Waals surface area contributed by atoms with Crippen LogP contribution in [-0.4, -0.2) is 9.97 Å². The highest BCUT2D eigenvalue weighted by molar-refractivity contribution is 7.17. The Labute approximate surface area is 99.6 Å². The standard InChI is InChI=1S/C12H5F2N2S/c13-10-3-1-2-7(11(10)14)9-5-17-12-8(9)4-15-6-16-12/h1-3,5-6H. The normalized spacial score (nSPS) is 10.9. The van der Waals surface area contributed by atoms with Gasteiger partial charge >= 0.3 is 0 Å². The first-order valence-electron chi connectivity index (χ1n) is 4.81. The van der Waals surface area contributed by atoms with E-state index in [0.29, 0.717) is 15.8 Å². The van der Waals surface area contributed by atoms with Crippen molar-refractivity contribution in [3.8, 4) is 11.1 Å². The number of hydrogen-bond donors (Lipinski definition) is 0. The highest BCUT2D eigenvalue weighted by Gasteiger charge is 2.14. The predicted octanol–water partition coefficient (Wildman–Crippen LogP) is 3.44. The lowest BCUT2D eigenvalue weighted by molar-refractivity contribution is 0.511. The zero-order valence-corrected chi connectivity index (χ0v) is 9.26. The molecule has 0 unspecified atom stereocenters. The number of rotatable bonds is 1. The van der Waals surface area contributed by atoms with Crippen LogP contribution in [0, 0.1) is 17.8 Å². The number of thiophene rings is 1. The Hall–Kier alpha value is -1.88. The summed E-state index contributed by atoms with van der Waals surface area (Å²) >= 11 is 1.35. The molecule has 2 nitrogen and oxygen atoms in total. The average molecular weight is 247 g/mol. The Bertz CT molecular complexity index is 694. The van der Waals surface area contributed by atoms with Gasteiger partial charge in [-0.3, -0.25) is 0 Å². The van der Waals surface area contributed by atoms with Crippen LogP contribution in [0.3, 0.4) is 0 Å². The molecule has 2 aromatic heterocycles. The van der Waals surface area contributed by atoms with Crippen molar-refractivity contribution in [2.75, 3.05) is 0 Å². The van der Waals surface area contributed by atoms with Crippen LogP contribution in [0.4, 0.5) is 8.78 Å². The molecule has 2 heterocycles. The van der Waals surface area contributed by atoms with E-state index in [-0.39, 0.29) is 5.56 Å². The number of halogens is 2. The SMILES string of the molecule is Fc1cccc(-c2csc3ncn[c]c23)c1F. The van der Waals surface area contributed by atoms with E-state index in [1.54, 1.807) is 5.38 Å². The van der Waals surface area contributed by atoms with Gasteiger partial charge in [0.2, 0.25) is 0 Å². The number of hydrogen-bond acceptors (Lipinski definition) is 3. The lowest BCUT2D eigenvalue weighted by Gasteiger charge is -2.01. The molecule has 83 valence electrons. The zero-order valence-electron chi connectivity index (χ0n) is 8.45. The van der Waals surface area contributed by atoms with Gasteiger partial charge in [0.05, 0.1) is 0 Å². The molecule has 0 aliphatic rings. The summed E-state index contributed by atoms with van der Waals surface area (Å²) in [5.41, 5.74) is 0.782. The molecule has 17 heavy (non-hydrogen) atoms. The molecule has 0 saturated heterocycles. The highest BCUT2D eigenvalue weighted by atomic mass is 32.1. The van der Waals surface area contributed by atoms with Crippen LogP contribution < -0.4 is 0 Å². The lowest BCUT2D eigenvalue weighted by Crippen LogP contribution is -1.88. The summed E-state index contributed by atoms with van der Waals surface area (Å²) in [6.45, 7) is 0. The molecule has 0 spiro atoms. The molecule has 3 rings (SSSR count). The maximum absolute atomic E-state index is 13.7. The Balaban J connectivity index is 2.31. The molecule has 0 aliphatic heterocycles. The second-order valence-corrected chi connectivity index (χ2v) is 4.27. The molecule has 0 fully saturated rings. The largest absolute Gasteiger partial charge is 0.234 e. The first-order chi connectivity index (χ1) is 8.27. The molecule has 5 heteroatoms. The summed E-state index contributed by atoms with van der Waals surface area (Å²) in [6.07, 6.45) is 4.13. The Morgan fingerprint density at radius 2 is 2.06 bits per heavy atom. The van der Waals surface area contributed by atoms with Gasteiger partial charge in [0.25, 0.3) is 0 Å². The number of fused-ring (bicyclic) bond motifs is 1. The third-order valence-electron chi connectivity index (χ3n) is 2.42. The van der Waals surface area contributed by atoms with Crippen molar-refractivity contribution in [3.05, 3.63) is 47.7 Å². The van der Waals surface area contributed by atoms with Crippen molar-refractivity contribution in [1.82, 2.24) is 9.97 Å². The lowest BCUT2D eigenvalue weighted by atomic mass is 10.1. The van der Waals surface area contributed by atoms with E-state index in [4.69, 9.17) is 0 Å². The fourth-order valence-electron chi connectivity index (χ4n) is 1.64. The molecule has 0 aliphatic carbocycles. The van der Waals surface area contributed by atoms with Gasteiger partial charge in [-0.15, -0.1) is 11.3 Å². The fraction of sp³-hybridized carbons (Fsp3) is 0. The first-order valence-corrected chi connectivity index (χ1v) is 5.69. The van der Waals surface area contributed by atoms with Crippen molar-refractivity contribution < 1.29 is 8.78 Å². The molecule has 0 saturated carbocycles. The van der Waals surface area contributed by atoms with Crippen LogP contribution in [0.15, 0.2) is 29.9 Å². The van der Waals surface area contributed by atoms with Crippen LogP contribution in [0.2, 0.25) is 0 Å². The van der Waals surface area contributed by atoms with Gasteiger partial charge in [0.15, 0.2) is 11.6 Å². The van der Waals surface area contributed by atoms with Gasteiger partial charge in [-0.1, -0.05) is 12.1 Å². The number of aromatic nitrogens is 2. The summed E-state index contributed by atoms with van der Waals surface area (Å²) in [7, 11) is 0. The number of nitrogens with zero attached hydrogens (tertiary/aromatic N) is 2. The summed E-state index contributed by atoms with van der Waals surface area (Å²) in [5.74, 6) is -1.72. The first kappa shape index (κ1) is 10.3. The van der Waals surface area contributed by atoms with Crippen LogP contribution in [0.5, 0.6) is 0 Å². The maximum atomic E-state index is 13.7. The topological polar surface area (TPSA) is 25.8 Å². The predicted molar refractivity (Wildman–Crippen MR) is 61.6 cm³/mol. The summed E-state index contributed by atoms with van der Waals surface area (Å²) in [6, 6.07) is 4.09. The van der Waals surface area contributed by atoms with Crippen LogP contribution in [0.1, 0.15) is 0 Å². The minimum atomic E-state index is -0.862. The molecular formula is C12H5F2N2S. The molecule has 1 radical (unpaired) electrons. The average Bonchev–Trinajstić information content (AvgIpc) is 2.77. The molecule has 0 amide bonds. The van der Waals surface area contributed by atoms with E-state index in [1.165, 1.54) is 29.8 Å². The van der Waals surface area contributed by atoms with Gasteiger partial charge in [0, 0.05) is 21.9 Å². The minimum Gasteiger partial charge on any atom is -0.234 e. The van der Waals surface area contributed by atoms with Gasteiger partial charge < -0.3 is 0 Å². The van der Waals surface area contributed by atoms with Crippen molar-refractivity contribution in [2.24, 2.45) is 0 Å². The quantitative estimate of drug-likeness (QED) is 0.658. The monoisotopic (exact) mass is 247 g/mol. The zero-order chi connectivity index (χ0) is 11.8. The van der Waals surface area contributed by atoms with Gasteiger partial charge in [-0.2, -0.15) is 0 Å². The molecular weight excluding hydrogens is 242 g/mol. The van der Waals surface area contributed by atoms with Gasteiger partial charge in [-0.25, -0.2) is 18.7 Å². The smallest absolute Gasteiger partial charge is 0.166 e. The summed E-state index contributed by atoms with van der Waals surface area (Å²) in [5, 5.41) is 2.34. The van der Waals surface area contributed by atoms with Crippen molar-refractivity contribution in [2.45, 2.75) is 0 Å². The Morgan fingerprint density at radius 3 is 2.94 bits per heavy atom. The fourth-order valence-corrected chi connectivity index (χ4v) is 2.49. The molecule has 1 aromatic carbocycles. The van der Waals surface area contributed by atoms with E-state index < -0.39 is 11.6 Å². The summed E-state index contributed by atoms with van der Waals surface area (Å²) < 4.78 is 26.8. The molecule has 0 bridgehead atoms. The van der Waals surface area contributed by atoms with E-state index in [1.807, 2.05) is 0 Å². The van der Waals surface area contributed by atoms with E-state index in [2.05, 4.69) is 16.2 Å². The van der Waals surface area contributed by atoms with Crippen molar-refractivity contribution >= 4 is 21.6 Å². The third kappa shape index (κ3) is 1.59. The molecule has 0 atom stereocenters. The maximum Gasteiger partial charge on any atom is 0.166 e. The summed E-state index contributed by atoms with van der Waals surface area (Å²) in [4.78, 5) is 8.52. The molecule has 3 aromatic rings. The van der Waals surface area contributed by atoms with E-state index in [0.717, 1.165) is 6.07 Å². The van der Waals surface area contributed by atoms with E-state index in [9.17, 15) is 8.78 Å². The van der Waals surface area contributed by atoms with Gasteiger partial charge in [-0.05, 0) is 6.07 Å². The highest BCUT2D eigenvalue weighted by Crippen LogP contribution is 2.33.